The molecule has 1 amide bonds. The second-order valence-electron chi connectivity index (χ2n) is 6.49. The molecule has 0 atom stereocenters. The summed E-state index contributed by atoms with van der Waals surface area (Å²) < 4.78 is 4.69. The Kier molecular flexibility index (Phi) is 6.19. The van der Waals surface area contributed by atoms with E-state index < -0.39 is 5.97 Å². The van der Waals surface area contributed by atoms with Crippen LogP contribution >= 0.6 is 0 Å². The summed E-state index contributed by atoms with van der Waals surface area (Å²) in [6, 6.07) is 16.3. The summed E-state index contributed by atoms with van der Waals surface area (Å²) in [7, 11) is 1.34. The van der Waals surface area contributed by atoms with Crippen LogP contribution in [0, 0.1) is 13.8 Å². The first kappa shape index (κ1) is 20.0. The lowest BCUT2D eigenvalue weighted by Gasteiger charge is -2.10. The molecular weight excluding hydrogens is 368 g/mol. The van der Waals surface area contributed by atoms with Gasteiger partial charge in [-0.15, -0.1) is 0 Å². The van der Waals surface area contributed by atoms with E-state index in [9.17, 15) is 9.59 Å². The summed E-state index contributed by atoms with van der Waals surface area (Å²) in [6.45, 7) is 4.15. The Hall–Kier alpha value is -3.74. The van der Waals surface area contributed by atoms with Crippen molar-refractivity contribution >= 4 is 23.4 Å². The second-order valence-corrected chi connectivity index (χ2v) is 6.49. The van der Waals surface area contributed by atoms with Gasteiger partial charge in [0.05, 0.1) is 12.7 Å². The number of aryl methyl sites for hydroxylation is 2. The van der Waals surface area contributed by atoms with Crippen LogP contribution in [-0.4, -0.2) is 29.0 Å². The monoisotopic (exact) mass is 390 g/mol. The molecule has 7 heteroatoms. The fraction of sp³-hybridized carbons (Fsp3) is 0.182. The second kappa shape index (κ2) is 8.97. The van der Waals surface area contributed by atoms with Crippen molar-refractivity contribution < 1.29 is 14.3 Å². The average Bonchev–Trinajstić information content (AvgIpc) is 2.72. The molecule has 148 valence electrons. The highest BCUT2D eigenvalue weighted by molar-refractivity contribution is 5.93. The minimum absolute atomic E-state index is 0.275. The molecule has 3 rings (SSSR count). The van der Waals surface area contributed by atoms with E-state index in [2.05, 4.69) is 20.6 Å². The Morgan fingerprint density at radius 2 is 1.72 bits per heavy atom. The summed E-state index contributed by atoms with van der Waals surface area (Å²) in [5, 5.41) is 6.02. The molecule has 0 bridgehead atoms. The molecule has 3 aromatic rings. The lowest BCUT2D eigenvalue weighted by atomic mass is 10.1. The Morgan fingerprint density at radius 1 is 1.00 bits per heavy atom. The van der Waals surface area contributed by atoms with Gasteiger partial charge in [0.2, 0.25) is 0 Å². The third-order valence-corrected chi connectivity index (χ3v) is 4.35. The molecule has 2 aromatic carbocycles. The molecule has 0 saturated heterocycles. The molecule has 0 radical (unpaired) electrons. The Labute approximate surface area is 169 Å². The van der Waals surface area contributed by atoms with Crippen molar-refractivity contribution in [1.29, 1.82) is 0 Å². The number of carbonyl (C=O) groups is 2. The van der Waals surface area contributed by atoms with Crippen LogP contribution in [0.25, 0.3) is 0 Å². The topological polar surface area (TPSA) is 93.2 Å². The van der Waals surface area contributed by atoms with Gasteiger partial charge in [0, 0.05) is 18.3 Å². The molecule has 1 heterocycles. The number of amides is 1. The van der Waals surface area contributed by atoms with Gasteiger partial charge < -0.3 is 15.4 Å². The third kappa shape index (κ3) is 5.16. The van der Waals surface area contributed by atoms with Gasteiger partial charge in [-0.1, -0.05) is 24.3 Å². The molecule has 0 spiro atoms. The minimum Gasteiger partial charge on any atom is -0.465 e. The van der Waals surface area contributed by atoms with E-state index >= 15 is 0 Å². The summed E-state index contributed by atoms with van der Waals surface area (Å²) in [5.41, 5.74) is 3.62. The maximum atomic E-state index is 12.6. The highest BCUT2D eigenvalue weighted by atomic mass is 16.5. The number of hydrogen-bond acceptors (Lipinski definition) is 6. The van der Waals surface area contributed by atoms with Crippen LogP contribution < -0.4 is 10.6 Å². The normalized spacial score (nSPS) is 10.3. The summed E-state index contributed by atoms with van der Waals surface area (Å²) in [6.07, 6.45) is 0. The van der Waals surface area contributed by atoms with Crippen molar-refractivity contribution in [2.45, 2.75) is 20.4 Å². The first-order valence-corrected chi connectivity index (χ1v) is 9.10. The van der Waals surface area contributed by atoms with Gasteiger partial charge in [-0.25, -0.2) is 14.8 Å². The smallest absolute Gasteiger partial charge is 0.337 e. The van der Waals surface area contributed by atoms with Crippen molar-refractivity contribution in [2.24, 2.45) is 0 Å². The van der Waals surface area contributed by atoms with Crippen LogP contribution in [-0.2, 0) is 11.3 Å². The summed E-state index contributed by atoms with van der Waals surface area (Å²) in [4.78, 5) is 32.6. The number of nitrogens with one attached hydrogen (secondary N) is 2. The number of hydrogen-bond donors (Lipinski definition) is 2. The maximum Gasteiger partial charge on any atom is 0.337 e. The molecule has 0 fully saturated rings. The minimum atomic E-state index is -0.401. The molecular formula is C22H22N4O3. The number of benzene rings is 2. The van der Waals surface area contributed by atoms with Gasteiger partial charge in [-0.2, -0.15) is 0 Å². The van der Waals surface area contributed by atoms with E-state index in [0.29, 0.717) is 23.8 Å². The fourth-order valence-electron chi connectivity index (χ4n) is 2.78. The zero-order chi connectivity index (χ0) is 20.8. The molecule has 2 N–H and O–H groups in total. The number of aromatic nitrogens is 2. The zero-order valence-electron chi connectivity index (χ0n) is 16.5. The molecule has 0 aliphatic carbocycles. The Morgan fingerprint density at radius 3 is 2.41 bits per heavy atom. The lowest BCUT2D eigenvalue weighted by molar-refractivity contribution is 0.0600. The van der Waals surface area contributed by atoms with Gasteiger partial charge in [-0.3, -0.25) is 4.79 Å². The zero-order valence-corrected chi connectivity index (χ0v) is 16.5. The van der Waals surface area contributed by atoms with Crippen molar-refractivity contribution in [2.75, 3.05) is 12.4 Å². The van der Waals surface area contributed by atoms with E-state index in [1.54, 1.807) is 37.3 Å². The fourth-order valence-corrected chi connectivity index (χ4v) is 2.78. The predicted octanol–water partition coefficient (Wildman–Crippen LogP) is 3.55. The molecule has 0 aliphatic heterocycles. The van der Waals surface area contributed by atoms with Crippen molar-refractivity contribution in [1.82, 2.24) is 15.3 Å². The lowest BCUT2D eigenvalue weighted by Crippen LogP contribution is -2.24. The molecule has 1 aromatic heterocycles. The number of nitrogens with zero attached hydrogens (tertiary/aromatic N) is 2. The Bertz CT molecular complexity index is 1030. The summed E-state index contributed by atoms with van der Waals surface area (Å²) >= 11 is 0. The molecule has 0 unspecified atom stereocenters. The largest absolute Gasteiger partial charge is 0.465 e. The van der Waals surface area contributed by atoms with Gasteiger partial charge in [-0.05, 0) is 49.2 Å². The van der Waals surface area contributed by atoms with Crippen LogP contribution in [0.1, 0.15) is 37.8 Å². The summed E-state index contributed by atoms with van der Waals surface area (Å²) in [5.74, 6) is 0.288. The van der Waals surface area contributed by atoms with Crippen molar-refractivity contribution in [3.05, 3.63) is 82.8 Å². The van der Waals surface area contributed by atoms with E-state index in [1.807, 2.05) is 31.2 Å². The Balaban J connectivity index is 1.71. The van der Waals surface area contributed by atoms with E-state index in [0.717, 1.165) is 16.8 Å². The van der Waals surface area contributed by atoms with Gasteiger partial charge >= 0.3 is 5.97 Å². The number of anilines is 2. The standard InChI is InChI=1S/C22H22N4O3/c1-14-6-4-5-7-17(14)13-23-21(27)19-12-20(25-15(2)24-19)26-18-10-8-16(9-11-18)22(28)29-3/h4-12H,13H2,1-3H3,(H,23,27)(H,24,25,26). The van der Waals surface area contributed by atoms with Crippen LogP contribution in [0.3, 0.4) is 0 Å². The molecule has 0 saturated carbocycles. The van der Waals surface area contributed by atoms with E-state index in [-0.39, 0.29) is 11.6 Å². The molecule has 7 nitrogen and oxygen atoms in total. The first-order valence-electron chi connectivity index (χ1n) is 9.10. The van der Waals surface area contributed by atoms with Crippen LogP contribution in [0.4, 0.5) is 11.5 Å². The number of esters is 1. The van der Waals surface area contributed by atoms with Gasteiger partial charge in [0.25, 0.3) is 5.91 Å². The number of methoxy groups -OCH3 is 1. The van der Waals surface area contributed by atoms with Crippen LogP contribution in [0.15, 0.2) is 54.6 Å². The number of rotatable bonds is 6. The van der Waals surface area contributed by atoms with Crippen LogP contribution in [0.5, 0.6) is 0 Å². The SMILES string of the molecule is COC(=O)c1ccc(Nc2cc(C(=O)NCc3ccccc3C)nc(C)n2)cc1. The van der Waals surface area contributed by atoms with Crippen LogP contribution in [0.2, 0.25) is 0 Å². The molecule has 29 heavy (non-hydrogen) atoms. The van der Waals surface area contributed by atoms with E-state index in [4.69, 9.17) is 4.74 Å². The number of carbonyl (C=O) groups excluding carboxylic acids is 2. The van der Waals surface area contributed by atoms with Gasteiger partial charge in [0.15, 0.2) is 0 Å². The third-order valence-electron chi connectivity index (χ3n) is 4.35. The number of ether oxygens (including phenoxy) is 1. The van der Waals surface area contributed by atoms with E-state index in [1.165, 1.54) is 7.11 Å². The quantitative estimate of drug-likeness (QED) is 0.625. The highest BCUT2D eigenvalue weighted by Crippen LogP contribution is 2.17. The molecule has 0 aliphatic rings. The van der Waals surface area contributed by atoms with Gasteiger partial charge in [0.1, 0.15) is 17.3 Å². The predicted molar refractivity (Wildman–Crippen MR) is 110 cm³/mol. The van der Waals surface area contributed by atoms with Crippen molar-refractivity contribution in [3.8, 4) is 0 Å². The first-order chi connectivity index (χ1) is 14.0. The van der Waals surface area contributed by atoms with Crippen molar-refractivity contribution in [3.63, 3.8) is 0 Å². The average molecular weight is 390 g/mol. The maximum absolute atomic E-state index is 12.6. The highest BCUT2D eigenvalue weighted by Gasteiger charge is 2.12.